The Labute approximate surface area is 198 Å². The lowest BCUT2D eigenvalue weighted by atomic mass is 9.95. The van der Waals surface area contributed by atoms with Crippen LogP contribution in [-0.2, 0) is 20.9 Å². The highest BCUT2D eigenvalue weighted by atomic mass is 19.1. The van der Waals surface area contributed by atoms with E-state index in [1.807, 2.05) is 30.3 Å². The molecule has 3 rings (SSSR count). The van der Waals surface area contributed by atoms with Gasteiger partial charge in [-0.2, -0.15) is 0 Å². The van der Waals surface area contributed by atoms with Crippen molar-refractivity contribution in [3.05, 3.63) is 96.3 Å². The Morgan fingerprint density at radius 1 is 0.765 bits per heavy atom. The molecule has 0 heterocycles. The summed E-state index contributed by atoms with van der Waals surface area (Å²) in [5.74, 6) is -1.10. The van der Waals surface area contributed by atoms with Gasteiger partial charge in [-0.05, 0) is 66.4 Å². The van der Waals surface area contributed by atoms with E-state index >= 15 is 0 Å². The van der Waals surface area contributed by atoms with Crippen molar-refractivity contribution >= 4 is 11.9 Å². The second-order valence-corrected chi connectivity index (χ2v) is 7.81. The number of carbonyl (C=O) groups excluding carboxylic acids is 2. The Morgan fingerprint density at radius 3 is 1.85 bits per heavy atom. The number of carbonyl (C=O) groups is 2. The third-order valence-electron chi connectivity index (χ3n) is 4.94. The van der Waals surface area contributed by atoms with Crippen molar-refractivity contribution in [3.63, 3.8) is 0 Å². The normalized spacial score (nSPS) is 10.5. The van der Waals surface area contributed by atoms with Gasteiger partial charge in [-0.25, -0.2) is 14.0 Å². The summed E-state index contributed by atoms with van der Waals surface area (Å²) in [6.45, 7) is 10.5. The van der Waals surface area contributed by atoms with Crippen LogP contribution in [0.25, 0.3) is 22.3 Å². The molecule has 3 aromatic carbocycles. The molecule has 0 spiro atoms. The zero-order chi connectivity index (χ0) is 24.8. The van der Waals surface area contributed by atoms with Crippen molar-refractivity contribution in [1.82, 2.24) is 0 Å². The van der Waals surface area contributed by atoms with Gasteiger partial charge in [0.25, 0.3) is 0 Å². The molecule has 174 valence electrons. The highest BCUT2D eigenvalue weighted by Gasteiger charge is 2.14. The van der Waals surface area contributed by atoms with Crippen LogP contribution in [0, 0.1) is 5.82 Å². The summed E-state index contributed by atoms with van der Waals surface area (Å²) in [6, 6.07) is 16.9. The molecule has 0 saturated carbocycles. The molecule has 6 heteroatoms. The van der Waals surface area contributed by atoms with E-state index in [4.69, 9.17) is 14.2 Å². The monoisotopic (exact) mass is 460 g/mol. The molecule has 0 N–H and O–H groups in total. The van der Waals surface area contributed by atoms with E-state index in [2.05, 4.69) is 13.2 Å². The molecule has 0 amide bonds. The molecule has 0 fully saturated rings. The lowest BCUT2D eigenvalue weighted by Gasteiger charge is -2.14. The Balaban J connectivity index is 1.90. The number of hydrogen-bond donors (Lipinski definition) is 0. The average molecular weight is 461 g/mol. The Morgan fingerprint density at radius 2 is 1.29 bits per heavy atom. The molecule has 0 saturated heterocycles. The van der Waals surface area contributed by atoms with E-state index in [9.17, 15) is 14.0 Å². The van der Waals surface area contributed by atoms with Gasteiger partial charge in [0.05, 0.1) is 6.61 Å². The minimum atomic E-state index is -0.612. The molecule has 34 heavy (non-hydrogen) atoms. The minimum absolute atomic E-state index is 0.107. The first-order valence-electron chi connectivity index (χ1n) is 10.5. The summed E-state index contributed by atoms with van der Waals surface area (Å²) >= 11 is 0. The van der Waals surface area contributed by atoms with E-state index in [-0.39, 0.29) is 11.3 Å². The molecule has 0 bridgehead atoms. The maximum absolute atomic E-state index is 14.8. The number of benzene rings is 3. The van der Waals surface area contributed by atoms with Crippen molar-refractivity contribution < 1.29 is 28.2 Å². The van der Waals surface area contributed by atoms with E-state index in [0.717, 1.165) is 16.7 Å². The van der Waals surface area contributed by atoms with Crippen molar-refractivity contribution in [2.24, 2.45) is 0 Å². The number of methoxy groups -OCH3 is 1. The zero-order valence-corrected chi connectivity index (χ0v) is 19.3. The summed E-state index contributed by atoms with van der Waals surface area (Å²) in [7, 11) is 1.59. The standard InChI is InChI=1S/C28H25FO5/c1-17(2)27(30)33-22-9-6-19(7-10-22)24-12-8-20(14-21(24)16-32-5)25-13-11-23(15-26(25)29)34-28(31)18(3)4/h6-15H,1,3,16H2,2,4-5H3. The average Bonchev–Trinajstić information content (AvgIpc) is 2.80. The molecule has 5 nitrogen and oxygen atoms in total. The first-order chi connectivity index (χ1) is 16.2. The van der Waals surface area contributed by atoms with Crippen LogP contribution in [0.5, 0.6) is 11.5 Å². The van der Waals surface area contributed by atoms with Crippen LogP contribution < -0.4 is 9.47 Å². The Bertz CT molecular complexity index is 1260. The van der Waals surface area contributed by atoms with E-state index in [1.165, 1.54) is 19.1 Å². The summed E-state index contributed by atoms with van der Waals surface area (Å²) in [4.78, 5) is 23.4. The SMILES string of the molecule is C=C(C)C(=O)Oc1ccc(-c2ccc(-c3ccc(OC(=O)C(=C)C)cc3F)cc2COC)cc1. The van der Waals surface area contributed by atoms with Crippen molar-refractivity contribution in [2.75, 3.05) is 7.11 Å². The second-order valence-electron chi connectivity index (χ2n) is 7.81. The van der Waals surface area contributed by atoms with Crippen LogP contribution in [0.3, 0.4) is 0 Å². The second kappa shape index (κ2) is 10.7. The van der Waals surface area contributed by atoms with Crippen molar-refractivity contribution in [2.45, 2.75) is 20.5 Å². The van der Waals surface area contributed by atoms with Gasteiger partial charge in [0.1, 0.15) is 17.3 Å². The summed E-state index contributed by atoms with van der Waals surface area (Å²) in [5, 5.41) is 0. The molecule has 0 aliphatic heterocycles. The summed E-state index contributed by atoms with van der Waals surface area (Å²) < 4.78 is 30.5. The Kier molecular flexibility index (Phi) is 7.76. The number of ether oxygens (including phenoxy) is 3. The fourth-order valence-corrected chi connectivity index (χ4v) is 3.20. The van der Waals surface area contributed by atoms with Crippen LogP contribution in [0.2, 0.25) is 0 Å². The van der Waals surface area contributed by atoms with E-state index in [0.29, 0.717) is 29.1 Å². The van der Waals surface area contributed by atoms with E-state index in [1.54, 1.807) is 32.2 Å². The van der Waals surface area contributed by atoms with Crippen molar-refractivity contribution in [1.29, 1.82) is 0 Å². The summed E-state index contributed by atoms with van der Waals surface area (Å²) in [6.07, 6.45) is 0. The van der Waals surface area contributed by atoms with Crippen LogP contribution in [-0.4, -0.2) is 19.0 Å². The van der Waals surface area contributed by atoms with Gasteiger partial charge in [-0.1, -0.05) is 37.4 Å². The van der Waals surface area contributed by atoms with Crippen LogP contribution in [0.4, 0.5) is 4.39 Å². The van der Waals surface area contributed by atoms with Gasteiger partial charge in [0, 0.05) is 29.9 Å². The predicted octanol–water partition coefficient (Wildman–Crippen LogP) is 6.27. The number of esters is 2. The van der Waals surface area contributed by atoms with Crippen LogP contribution >= 0.6 is 0 Å². The third-order valence-corrected chi connectivity index (χ3v) is 4.94. The van der Waals surface area contributed by atoms with Crippen LogP contribution in [0.1, 0.15) is 19.4 Å². The van der Waals surface area contributed by atoms with Gasteiger partial charge in [-0.15, -0.1) is 0 Å². The molecule has 0 aliphatic rings. The molecule has 0 unspecified atom stereocenters. The van der Waals surface area contributed by atoms with Gasteiger partial charge >= 0.3 is 11.9 Å². The maximum Gasteiger partial charge on any atom is 0.338 e. The molecule has 0 radical (unpaired) electrons. The molecule has 0 aliphatic carbocycles. The van der Waals surface area contributed by atoms with Crippen LogP contribution in [0.15, 0.2) is 85.0 Å². The minimum Gasteiger partial charge on any atom is -0.423 e. The number of halogens is 1. The molecule has 0 atom stereocenters. The van der Waals surface area contributed by atoms with E-state index < -0.39 is 17.8 Å². The van der Waals surface area contributed by atoms with Gasteiger partial charge in [0.2, 0.25) is 0 Å². The highest BCUT2D eigenvalue weighted by Crippen LogP contribution is 2.33. The topological polar surface area (TPSA) is 61.8 Å². The molecular weight excluding hydrogens is 435 g/mol. The smallest absolute Gasteiger partial charge is 0.338 e. The van der Waals surface area contributed by atoms with Gasteiger partial charge in [0.15, 0.2) is 0 Å². The highest BCUT2D eigenvalue weighted by molar-refractivity contribution is 5.89. The predicted molar refractivity (Wildman–Crippen MR) is 129 cm³/mol. The van der Waals surface area contributed by atoms with Crippen molar-refractivity contribution in [3.8, 4) is 33.8 Å². The number of rotatable bonds is 8. The fourth-order valence-electron chi connectivity index (χ4n) is 3.20. The lowest BCUT2D eigenvalue weighted by Crippen LogP contribution is -2.08. The lowest BCUT2D eigenvalue weighted by molar-refractivity contribution is -0.130. The fraction of sp³-hybridized carbons (Fsp3) is 0.143. The molecule has 3 aromatic rings. The van der Waals surface area contributed by atoms with Gasteiger partial charge < -0.3 is 14.2 Å². The maximum atomic E-state index is 14.8. The Hall–Kier alpha value is -4.03. The first-order valence-corrected chi connectivity index (χ1v) is 10.5. The zero-order valence-electron chi connectivity index (χ0n) is 19.3. The quantitative estimate of drug-likeness (QED) is 0.225. The first kappa shape index (κ1) is 24.6. The number of hydrogen-bond acceptors (Lipinski definition) is 5. The summed E-state index contributed by atoms with van der Waals surface area (Å²) in [5.41, 5.74) is 4.19. The molecular formula is C28H25FO5. The van der Waals surface area contributed by atoms with Gasteiger partial charge in [-0.3, -0.25) is 0 Å². The largest absolute Gasteiger partial charge is 0.423 e. The third kappa shape index (κ3) is 5.85. The molecule has 0 aromatic heterocycles.